The number of nitrogens with two attached hydrogens (primary N) is 1. The molecule has 18 heavy (non-hydrogen) atoms. The maximum atomic E-state index is 12.8. The van der Waals surface area contributed by atoms with Crippen molar-refractivity contribution in [1.82, 2.24) is 0 Å². The Morgan fingerprint density at radius 3 is 2.56 bits per heavy atom. The molecule has 0 amide bonds. The Balaban J connectivity index is 3.06. The molecule has 3 N–H and O–H groups in total. The molecule has 0 aliphatic rings. The number of carbonyl (C=O) groups is 1. The zero-order valence-electron chi connectivity index (χ0n) is 9.84. The number of nitrogen functional groups attached to an aromatic ring is 1. The molecule has 100 valence electrons. The van der Waals surface area contributed by atoms with Crippen LogP contribution < -0.4 is 11.1 Å². The minimum absolute atomic E-state index is 0.00130. The average molecular weight is 262 g/mol. The summed E-state index contributed by atoms with van der Waals surface area (Å²) in [5.41, 5.74) is 4.19. The molecule has 1 unspecified atom stereocenters. The van der Waals surface area contributed by atoms with Gasteiger partial charge in [0.2, 0.25) is 0 Å². The van der Waals surface area contributed by atoms with Crippen LogP contribution in [0.4, 0.5) is 24.5 Å². The molecule has 1 rings (SSSR count). The molecule has 0 saturated heterocycles. The Bertz CT molecular complexity index is 446. The third-order valence-corrected chi connectivity index (χ3v) is 2.28. The number of hydrogen-bond donors (Lipinski definition) is 2. The van der Waals surface area contributed by atoms with Crippen molar-refractivity contribution in [3.05, 3.63) is 23.8 Å². The lowest BCUT2D eigenvalue weighted by Gasteiger charge is -2.18. The van der Waals surface area contributed by atoms with Crippen LogP contribution in [0.3, 0.4) is 0 Å². The van der Waals surface area contributed by atoms with Gasteiger partial charge in [-0.15, -0.1) is 0 Å². The summed E-state index contributed by atoms with van der Waals surface area (Å²) in [4.78, 5) is 11.2. The number of anilines is 2. The van der Waals surface area contributed by atoms with E-state index in [2.05, 4.69) is 10.1 Å². The molecule has 1 atom stereocenters. The van der Waals surface area contributed by atoms with Crippen LogP contribution >= 0.6 is 0 Å². The minimum atomic E-state index is -4.55. The number of benzene rings is 1. The van der Waals surface area contributed by atoms with Crippen LogP contribution in [0.15, 0.2) is 18.2 Å². The van der Waals surface area contributed by atoms with Gasteiger partial charge < -0.3 is 15.8 Å². The van der Waals surface area contributed by atoms with Crippen molar-refractivity contribution < 1.29 is 22.7 Å². The van der Waals surface area contributed by atoms with Gasteiger partial charge in [-0.3, -0.25) is 0 Å². The third-order valence-electron chi connectivity index (χ3n) is 2.28. The van der Waals surface area contributed by atoms with E-state index in [-0.39, 0.29) is 11.4 Å². The Morgan fingerprint density at radius 2 is 2.06 bits per heavy atom. The van der Waals surface area contributed by atoms with Crippen LogP contribution in [0.2, 0.25) is 0 Å². The van der Waals surface area contributed by atoms with E-state index in [4.69, 9.17) is 5.73 Å². The average Bonchev–Trinajstić information content (AvgIpc) is 2.28. The first-order valence-electron chi connectivity index (χ1n) is 5.06. The standard InChI is InChI=1S/C11H13F3N2O2/c1-6(10(17)18-2)16-9-4-3-7(15)5-8(9)11(12,13)14/h3-6,16H,15H2,1-2H3. The van der Waals surface area contributed by atoms with Crippen LogP contribution in [0, 0.1) is 0 Å². The molecule has 4 nitrogen and oxygen atoms in total. The summed E-state index contributed by atoms with van der Waals surface area (Å²) in [6.45, 7) is 1.41. The smallest absolute Gasteiger partial charge is 0.418 e. The second-order valence-electron chi connectivity index (χ2n) is 3.69. The summed E-state index contributed by atoms with van der Waals surface area (Å²) in [6, 6.07) is 2.42. The SMILES string of the molecule is COC(=O)C(C)Nc1ccc(N)cc1C(F)(F)F. The number of halogens is 3. The Kier molecular flexibility index (Phi) is 4.05. The van der Waals surface area contributed by atoms with Crippen molar-refractivity contribution in [1.29, 1.82) is 0 Å². The van der Waals surface area contributed by atoms with Crippen molar-refractivity contribution >= 4 is 17.3 Å². The van der Waals surface area contributed by atoms with Gasteiger partial charge in [0.25, 0.3) is 0 Å². The van der Waals surface area contributed by atoms with Crippen LogP contribution in [0.25, 0.3) is 0 Å². The van der Waals surface area contributed by atoms with E-state index < -0.39 is 23.8 Å². The first-order chi connectivity index (χ1) is 8.25. The number of methoxy groups -OCH3 is 1. The molecule has 1 aromatic carbocycles. The van der Waals surface area contributed by atoms with E-state index in [0.29, 0.717) is 0 Å². The van der Waals surface area contributed by atoms with Crippen LogP contribution in [0.1, 0.15) is 12.5 Å². The molecule has 0 bridgehead atoms. The van der Waals surface area contributed by atoms with E-state index in [9.17, 15) is 18.0 Å². The molecule has 1 aromatic rings. The van der Waals surface area contributed by atoms with Crippen molar-refractivity contribution in [3.63, 3.8) is 0 Å². The van der Waals surface area contributed by atoms with Crippen LogP contribution in [-0.4, -0.2) is 19.1 Å². The summed E-state index contributed by atoms with van der Waals surface area (Å²) in [7, 11) is 1.16. The highest BCUT2D eigenvalue weighted by Crippen LogP contribution is 2.36. The fourth-order valence-corrected chi connectivity index (χ4v) is 1.39. The zero-order valence-corrected chi connectivity index (χ0v) is 9.84. The fraction of sp³-hybridized carbons (Fsp3) is 0.364. The Morgan fingerprint density at radius 1 is 1.44 bits per heavy atom. The third kappa shape index (κ3) is 3.28. The molecule has 0 saturated carbocycles. The molecular formula is C11H13F3N2O2. The maximum absolute atomic E-state index is 12.8. The van der Waals surface area contributed by atoms with Gasteiger partial charge in [0.1, 0.15) is 6.04 Å². The number of alkyl halides is 3. The molecule has 0 heterocycles. The highest BCUT2D eigenvalue weighted by Gasteiger charge is 2.34. The maximum Gasteiger partial charge on any atom is 0.418 e. The van der Waals surface area contributed by atoms with E-state index in [0.717, 1.165) is 13.2 Å². The number of ether oxygens (including phenoxy) is 1. The second-order valence-corrected chi connectivity index (χ2v) is 3.69. The number of rotatable bonds is 3. The largest absolute Gasteiger partial charge is 0.467 e. The molecular weight excluding hydrogens is 249 g/mol. The molecule has 0 fully saturated rings. The lowest BCUT2D eigenvalue weighted by atomic mass is 10.1. The van der Waals surface area contributed by atoms with Gasteiger partial charge in [-0.1, -0.05) is 0 Å². The van der Waals surface area contributed by atoms with Crippen molar-refractivity contribution in [2.75, 3.05) is 18.2 Å². The van der Waals surface area contributed by atoms with Gasteiger partial charge in [-0.05, 0) is 25.1 Å². The lowest BCUT2D eigenvalue weighted by Crippen LogP contribution is -2.28. The Hall–Kier alpha value is -1.92. The van der Waals surface area contributed by atoms with E-state index in [1.165, 1.54) is 19.1 Å². The van der Waals surface area contributed by atoms with Gasteiger partial charge in [0, 0.05) is 11.4 Å². The van der Waals surface area contributed by atoms with Crippen LogP contribution in [0.5, 0.6) is 0 Å². The van der Waals surface area contributed by atoms with Crippen molar-refractivity contribution in [2.24, 2.45) is 0 Å². The molecule has 0 spiro atoms. The predicted molar refractivity (Wildman–Crippen MR) is 61.0 cm³/mol. The number of nitrogens with one attached hydrogen (secondary N) is 1. The number of carbonyl (C=O) groups excluding carboxylic acids is 1. The minimum Gasteiger partial charge on any atom is -0.467 e. The summed E-state index contributed by atoms with van der Waals surface area (Å²) in [5, 5.41) is 2.44. The quantitative estimate of drug-likeness (QED) is 0.647. The monoisotopic (exact) mass is 262 g/mol. The molecule has 0 radical (unpaired) electrons. The van der Waals surface area contributed by atoms with Gasteiger partial charge in [-0.2, -0.15) is 13.2 Å². The van der Waals surface area contributed by atoms with E-state index >= 15 is 0 Å². The van der Waals surface area contributed by atoms with Gasteiger partial charge in [0.05, 0.1) is 12.7 Å². The predicted octanol–water partition coefficient (Wildman–Crippen LogP) is 2.26. The van der Waals surface area contributed by atoms with Crippen molar-refractivity contribution in [3.8, 4) is 0 Å². The highest BCUT2D eigenvalue weighted by molar-refractivity contribution is 5.79. The number of esters is 1. The topological polar surface area (TPSA) is 64.3 Å². The highest BCUT2D eigenvalue weighted by atomic mass is 19.4. The van der Waals surface area contributed by atoms with E-state index in [1.807, 2.05) is 0 Å². The summed E-state index contributed by atoms with van der Waals surface area (Å²) >= 11 is 0. The second kappa shape index (κ2) is 5.16. The molecule has 0 aromatic heterocycles. The van der Waals surface area contributed by atoms with Crippen molar-refractivity contribution in [2.45, 2.75) is 19.1 Å². The van der Waals surface area contributed by atoms with Crippen LogP contribution in [-0.2, 0) is 15.7 Å². The Labute approximate surface area is 102 Å². The lowest BCUT2D eigenvalue weighted by molar-refractivity contribution is -0.141. The first kappa shape index (κ1) is 14.1. The number of hydrogen-bond acceptors (Lipinski definition) is 4. The summed E-state index contributed by atoms with van der Waals surface area (Å²) in [6.07, 6.45) is -4.55. The van der Waals surface area contributed by atoms with E-state index in [1.54, 1.807) is 0 Å². The molecule has 0 aliphatic carbocycles. The summed E-state index contributed by atoms with van der Waals surface area (Å²) in [5.74, 6) is -0.653. The van der Waals surface area contributed by atoms with Gasteiger partial charge >= 0.3 is 12.1 Å². The molecule has 7 heteroatoms. The fourth-order valence-electron chi connectivity index (χ4n) is 1.39. The zero-order chi connectivity index (χ0) is 13.9. The van der Waals surface area contributed by atoms with Gasteiger partial charge in [0.15, 0.2) is 0 Å². The normalized spacial score (nSPS) is 12.9. The van der Waals surface area contributed by atoms with Gasteiger partial charge in [-0.25, -0.2) is 4.79 Å². The molecule has 0 aliphatic heterocycles. The summed E-state index contributed by atoms with van der Waals surface area (Å²) < 4.78 is 42.7. The first-order valence-corrected chi connectivity index (χ1v) is 5.06.